The van der Waals surface area contributed by atoms with Gasteiger partial charge in [-0.25, -0.2) is 4.68 Å². The van der Waals surface area contributed by atoms with E-state index in [-0.39, 0.29) is 6.08 Å². The van der Waals surface area contributed by atoms with E-state index >= 15 is 0 Å². The number of fused-ring (bicyclic) bond motifs is 1. The average molecular weight is 291 g/mol. The highest BCUT2D eigenvalue weighted by Crippen LogP contribution is 2.27. The maximum atomic E-state index is 5.79. The lowest BCUT2D eigenvalue weighted by Crippen LogP contribution is -1.99. The van der Waals surface area contributed by atoms with Crippen LogP contribution in [0.25, 0.3) is 16.8 Å². The van der Waals surface area contributed by atoms with Crippen LogP contribution in [0.15, 0.2) is 65.1 Å². The van der Waals surface area contributed by atoms with Gasteiger partial charge in [0.15, 0.2) is 5.58 Å². The maximum absolute atomic E-state index is 5.79. The summed E-state index contributed by atoms with van der Waals surface area (Å²) in [5.74, 6) is 0.565. The molecule has 0 atom stereocenters. The molecule has 0 unspecified atom stereocenters. The topological polar surface area (TPSA) is 53.1 Å². The van der Waals surface area contributed by atoms with Crippen molar-refractivity contribution in [1.82, 2.24) is 14.8 Å². The third-order valence-corrected chi connectivity index (χ3v) is 3.27. The molecule has 0 spiro atoms. The van der Waals surface area contributed by atoms with Gasteiger partial charge in [-0.2, -0.15) is 10.1 Å². The Morgan fingerprint density at radius 2 is 1.77 bits per heavy atom. The second-order valence-electron chi connectivity index (χ2n) is 4.92. The van der Waals surface area contributed by atoms with Crippen molar-refractivity contribution in [3.63, 3.8) is 0 Å². The molecule has 2 heterocycles. The molecular formula is C17H13N3O2. The Bertz CT molecular complexity index is 892. The molecule has 5 heteroatoms. The molecule has 0 radical (unpaired) electrons. The standard InChI is InChI=1S/C17H13N3O2/c1-12-11-16(20(19-12)13-7-3-2-4-8-13)22-17-18-14-9-5-6-10-15(14)21-17/h2-11H,1H3. The number of hydrogen-bond donors (Lipinski definition) is 0. The molecule has 0 aliphatic heterocycles. The van der Waals surface area contributed by atoms with E-state index in [0.29, 0.717) is 11.5 Å². The zero-order valence-corrected chi connectivity index (χ0v) is 11.9. The fourth-order valence-corrected chi connectivity index (χ4v) is 2.29. The van der Waals surface area contributed by atoms with E-state index in [1.54, 1.807) is 4.68 Å². The zero-order chi connectivity index (χ0) is 14.9. The SMILES string of the molecule is Cc1cc(Oc2nc3ccccc3o2)n(-c2ccccc2)n1. The van der Waals surface area contributed by atoms with Crippen LogP contribution in [-0.2, 0) is 0 Å². The summed E-state index contributed by atoms with van der Waals surface area (Å²) in [6.45, 7) is 1.92. The second kappa shape index (κ2) is 5.04. The third-order valence-electron chi connectivity index (χ3n) is 3.27. The van der Waals surface area contributed by atoms with Gasteiger partial charge in [-0.1, -0.05) is 30.3 Å². The Morgan fingerprint density at radius 1 is 1.00 bits per heavy atom. The number of hydrogen-bond acceptors (Lipinski definition) is 4. The number of nitrogens with zero attached hydrogens (tertiary/aromatic N) is 3. The molecule has 22 heavy (non-hydrogen) atoms. The Morgan fingerprint density at radius 3 is 2.59 bits per heavy atom. The van der Waals surface area contributed by atoms with Gasteiger partial charge in [0.05, 0.1) is 11.4 Å². The smallest absolute Gasteiger partial charge is 0.401 e. The monoisotopic (exact) mass is 291 g/mol. The summed E-state index contributed by atoms with van der Waals surface area (Å²) in [6, 6.07) is 19.2. The summed E-state index contributed by atoms with van der Waals surface area (Å²) in [5.41, 5.74) is 3.23. The van der Waals surface area contributed by atoms with E-state index in [0.717, 1.165) is 16.9 Å². The molecule has 108 valence electrons. The fraction of sp³-hybridized carbons (Fsp3) is 0.0588. The number of ether oxygens (including phenoxy) is 1. The molecule has 0 saturated carbocycles. The first-order valence-corrected chi connectivity index (χ1v) is 6.95. The molecular weight excluding hydrogens is 278 g/mol. The first-order valence-electron chi connectivity index (χ1n) is 6.95. The summed E-state index contributed by atoms with van der Waals surface area (Å²) in [5, 5.41) is 4.45. The number of rotatable bonds is 3. The van der Waals surface area contributed by atoms with Crippen molar-refractivity contribution in [3.05, 3.63) is 66.4 Å². The Hall–Kier alpha value is -3.08. The Labute approximate surface area is 126 Å². The van der Waals surface area contributed by atoms with E-state index in [9.17, 15) is 0 Å². The van der Waals surface area contributed by atoms with Crippen LogP contribution in [0, 0.1) is 6.92 Å². The van der Waals surface area contributed by atoms with Crippen LogP contribution in [0.3, 0.4) is 0 Å². The summed E-state index contributed by atoms with van der Waals surface area (Å²) in [7, 11) is 0. The number of aryl methyl sites for hydroxylation is 1. The second-order valence-corrected chi connectivity index (χ2v) is 4.92. The van der Waals surface area contributed by atoms with Crippen molar-refractivity contribution >= 4 is 11.1 Å². The predicted molar refractivity (Wildman–Crippen MR) is 82.4 cm³/mol. The van der Waals surface area contributed by atoms with Gasteiger partial charge in [-0.3, -0.25) is 0 Å². The summed E-state index contributed by atoms with van der Waals surface area (Å²) in [4.78, 5) is 4.32. The van der Waals surface area contributed by atoms with Gasteiger partial charge in [-0.05, 0) is 31.2 Å². The van der Waals surface area contributed by atoms with Gasteiger partial charge >= 0.3 is 6.08 Å². The Balaban J connectivity index is 1.74. The normalized spacial score (nSPS) is 11.0. The zero-order valence-electron chi connectivity index (χ0n) is 11.9. The van der Waals surface area contributed by atoms with Crippen LogP contribution in [0.4, 0.5) is 0 Å². The van der Waals surface area contributed by atoms with Crippen molar-refractivity contribution in [3.8, 4) is 17.6 Å². The molecule has 2 aromatic carbocycles. The minimum Gasteiger partial charge on any atom is -0.409 e. The van der Waals surface area contributed by atoms with Crippen LogP contribution < -0.4 is 4.74 Å². The molecule has 0 saturated heterocycles. The molecule has 0 aliphatic carbocycles. The van der Waals surface area contributed by atoms with Crippen molar-refractivity contribution in [2.75, 3.05) is 0 Å². The number of aromatic nitrogens is 3. The van der Waals surface area contributed by atoms with Crippen LogP contribution in [0.5, 0.6) is 12.0 Å². The molecule has 2 aromatic heterocycles. The quantitative estimate of drug-likeness (QED) is 0.570. The molecule has 0 amide bonds. The minimum atomic E-state index is 0.207. The lowest BCUT2D eigenvalue weighted by molar-refractivity contribution is 0.325. The van der Waals surface area contributed by atoms with E-state index in [1.165, 1.54) is 0 Å². The Kier molecular flexibility index (Phi) is 2.89. The molecule has 4 aromatic rings. The highest BCUT2D eigenvalue weighted by molar-refractivity contribution is 5.72. The molecule has 5 nitrogen and oxygen atoms in total. The van der Waals surface area contributed by atoms with Crippen LogP contribution in [-0.4, -0.2) is 14.8 Å². The lowest BCUT2D eigenvalue weighted by Gasteiger charge is -2.05. The molecule has 4 rings (SSSR count). The number of oxazole rings is 1. The highest BCUT2D eigenvalue weighted by atomic mass is 16.6. The van der Waals surface area contributed by atoms with Gasteiger partial charge in [0.2, 0.25) is 5.88 Å². The maximum Gasteiger partial charge on any atom is 0.401 e. The van der Waals surface area contributed by atoms with Crippen LogP contribution >= 0.6 is 0 Å². The van der Waals surface area contributed by atoms with Gasteiger partial charge in [0, 0.05) is 6.07 Å². The molecule has 0 bridgehead atoms. The minimum absolute atomic E-state index is 0.207. The van der Waals surface area contributed by atoms with E-state index in [2.05, 4.69) is 10.1 Å². The van der Waals surface area contributed by atoms with Crippen molar-refractivity contribution in [1.29, 1.82) is 0 Å². The summed E-state index contributed by atoms with van der Waals surface area (Å²) < 4.78 is 13.1. The third kappa shape index (κ3) is 2.22. The number of benzene rings is 2. The highest BCUT2D eigenvalue weighted by Gasteiger charge is 2.13. The van der Waals surface area contributed by atoms with E-state index in [4.69, 9.17) is 9.15 Å². The first-order chi connectivity index (χ1) is 10.8. The van der Waals surface area contributed by atoms with Crippen molar-refractivity contribution in [2.24, 2.45) is 0 Å². The molecule has 0 N–H and O–H groups in total. The summed E-state index contributed by atoms with van der Waals surface area (Å²) in [6.07, 6.45) is 0.207. The van der Waals surface area contributed by atoms with E-state index < -0.39 is 0 Å². The molecule has 0 fully saturated rings. The van der Waals surface area contributed by atoms with Crippen molar-refractivity contribution in [2.45, 2.75) is 6.92 Å². The number of para-hydroxylation sites is 3. The first kappa shape index (κ1) is 12.6. The predicted octanol–water partition coefficient (Wildman–Crippen LogP) is 4.11. The van der Waals surface area contributed by atoms with Gasteiger partial charge in [0.25, 0.3) is 0 Å². The lowest BCUT2D eigenvalue weighted by atomic mass is 10.3. The largest absolute Gasteiger partial charge is 0.409 e. The van der Waals surface area contributed by atoms with Gasteiger partial charge < -0.3 is 9.15 Å². The average Bonchev–Trinajstić information content (AvgIpc) is 3.11. The fourth-order valence-electron chi connectivity index (χ4n) is 2.29. The molecule has 0 aliphatic rings. The van der Waals surface area contributed by atoms with Crippen LogP contribution in [0.2, 0.25) is 0 Å². The van der Waals surface area contributed by atoms with E-state index in [1.807, 2.05) is 67.6 Å². The van der Waals surface area contributed by atoms with Crippen molar-refractivity contribution < 1.29 is 9.15 Å². The van der Waals surface area contributed by atoms with Gasteiger partial charge in [-0.15, -0.1) is 0 Å². The van der Waals surface area contributed by atoms with Gasteiger partial charge in [0.1, 0.15) is 5.52 Å². The summed E-state index contributed by atoms with van der Waals surface area (Å²) >= 11 is 0. The van der Waals surface area contributed by atoms with Crippen LogP contribution in [0.1, 0.15) is 5.69 Å².